The Balaban J connectivity index is 1.97. The second-order valence-corrected chi connectivity index (χ2v) is 9.40. The highest BCUT2D eigenvalue weighted by atomic mass is 35.5. The number of hydrogen-bond acceptors (Lipinski definition) is 3. The van der Waals surface area contributed by atoms with E-state index in [1.807, 2.05) is 0 Å². The fourth-order valence-corrected chi connectivity index (χ4v) is 4.59. The largest absolute Gasteiger partial charge is 0.507 e. The maximum atomic E-state index is 15.6. The fourth-order valence-electron chi connectivity index (χ4n) is 3.87. The number of nitrogens with zero attached hydrogens (tertiary/aromatic N) is 2. The molecule has 0 radical (unpaired) electrons. The third kappa shape index (κ3) is 5.75. The Labute approximate surface area is 231 Å². The van der Waals surface area contributed by atoms with Gasteiger partial charge in [-0.15, -0.1) is 0 Å². The van der Waals surface area contributed by atoms with Crippen LogP contribution in [0, 0.1) is 5.82 Å². The molecule has 0 aliphatic rings. The van der Waals surface area contributed by atoms with E-state index in [1.165, 1.54) is 24.3 Å². The first-order chi connectivity index (χ1) is 18.1. The van der Waals surface area contributed by atoms with Gasteiger partial charge in [0.15, 0.2) is 5.69 Å². The van der Waals surface area contributed by atoms with Crippen molar-refractivity contribution in [2.45, 2.75) is 19.0 Å². The molecule has 1 aromatic heterocycles. The van der Waals surface area contributed by atoms with Gasteiger partial charge in [-0.2, -0.15) is 31.4 Å². The van der Waals surface area contributed by atoms with E-state index < -0.39 is 74.2 Å². The molecule has 4 rings (SSSR count). The van der Waals surface area contributed by atoms with Crippen LogP contribution in [0.25, 0.3) is 22.4 Å². The minimum Gasteiger partial charge on any atom is -0.507 e. The van der Waals surface area contributed by atoms with E-state index in [0.29, 0.717) is 21.8 Å². The van der Waals surface area contributed by atoms with E-state index in [-0.39, 0.29) is 11.3 Å². The summed E-state index contributed by atoms with van der Waals surface area (Å²) in [4.78, 5) is 0. The molecule has 1 heterocycles. The number of benzene rings is 3. The Morgan fingerprint density at radius 1 is 0.923 bits per heavy atom. The molecule has 4 nitrogen and oxygen atoms in total. The van der Waals surface area contributed by atoms with Crippen LogP contribution in [0.4, 0.5) is 30.7 Å². The molecule has 0 saturated heterocycles. The quantitative estimate of drug-likeness (QED) is 0.228. The summed E-state index contributed by atoms with van der Waals surface area (Å²) in [5.41, 5.74) is -5.05. The van der Waals surface area contributed by atoms with Crippen molar-refractivity contribution in [1.29, 1.82) is 0 Å². The van der Waals surface area contributed by atoms with Gasteiger partial charge in [0.05, 0.1) is 21.3 Å². The van der Waals surface area contributed by atoms with Crippen LogP contribution in [0.5, 0.6) is 11.5 Å². The van der Waals surface area contributed by atoms with Crippen LogP contribution in [0.3, 0.4) is 0 Å². The topological polar surface area (TPSA) is 47.3 Å². The van der Waals surface area contributed by atoms with Crippen LogP contribution in [0.2, 0.25) is 15.1 Å². The molecule has 39 heavy (non-hydrogen) atoms. The zero-order chi connectivity index (χ0) is 28.9. The van der Waals surface area contributed by atoms with Gasteiger partial charge in [0.2, 0.25) is 0 Å². The Bertz CT molecular complexity index is 1550. The average molecular weight is 614 g/mol. The molecular formula is C25H14Cl3F7N2O2. The summed E-state index contributed by atoms with van der Waals surface area (Å²) in [6.45, 7) is -0.590. The minimum absolute atomic E-state index is 0.213. The number of halogens is 10. The number of hydrogen-bond donors (Lipinski definition) is 1. The van der Waals surface area contributed by atoms with Crippen LogP contribution < -0.4 is 4.74 Å². The van der Waals surface area contributed by atoms with Crippen LogP contribution >= 0.6 is 34.8 Å². The molecule has 0 fully saturated rings. The molecule has 0 spiro atoms. The Morgan fingerprint density at radius 3 is 2.13 bits per heavy atom. The summed E-state index contributed by atoms with van der Waals surface area (Å²) < 4.78 is 103. The van der Waals surface area contributed by atoms with Crippen LogP contribution in [0.1, 0.15) is 16.8 Å². The van der Waals surface area contributed by atoms with Crippen LogP contribution in [0.15, 0.2) is 48.5 Å². The maximum absolute atomic E-state index is 15.6. The van der Waals surface area contributed by atoms with Crippen molar-refractivity contribution in [3.05, 3.63) is 86.2 Å². The summed E-state index contributed by atoms with van der Waals surface area (Å²) in [6, 6.07) is 9.12. The van der Waals surface area contributed by atoms with E-state index in [0.717, 1.165) is 19.2 Å². The van der Waals surface area contributed by atoms with Crippen molar-refractivity contribution in [3.8, 4) is 33.9 Å². The molecule has 206 valence electrons. The number of ether oxygens (including phenoxy) is 1. The highest BCUT2D eigenvalue weighted by Crippen LogP contribution is 2.48. The Kier molecular flexibility index (Phi) is 7.72. The SMILES string of the molecule is Cn1nc(C(F)(F)F)c(Cl)c1-c1cc(F)c(COc2ccc(Cl)cc2)c(-c2ccc(Cl)c(C(F)(F)F)c2)c1O. The normalized spacial score (nSPS) is 12.2. The lowest BCUT2D eigenvalue weighted by molar-refractivity contribution is -0.141. The van der Waals surface area contributed by atoms with Gasteiger partial charge >= 0.3 is 12.4 Å². The molecule has 14 heteroatoms. The highest BCUT2D eigenvalue weighted by molar-refractivity contribution is 6.34. The van der Waals surface area contributed by atoms with E-state index in [1.54, 1.807) is 0 Å². The van der Waals surface area contributed by atoms with Crippen LogP contribution in [-0.4, -0.2) is 14.9 Å². The highest BCUT2D eigenvalue weighted by Gasteiger charge is 2.40. The minimum atomic E-state index is -4.98. The van der Waals surface area contributed by atoms with E-state index in [9.17, 15) is 31.4 Å². The summed E-state index contributed by atoms with van der Waals surface area (Å²) in [5.74, 6) is -1.76. The lowest BCUT2D eigenvalue weighted by atomic mass is 9.93. The second-order valence-electron chi connectivity index (χ2n) is 8.18. The van der Waals surface area contributed by atoms with Crippen molar-refractivity contribution >= 4 is 34.8 Å². The predicted octanol–water partition coefficient (Wildman–Crippen LogP) is 9.18. The molecule has 0 bridgehead atoms. The van der Waals surface area contributed by atoms with E-state index in [2.05, 4.69) is 5.10 Å². The van der Waals surface area contributed by atoms with Crippen molar-refractivity contribution in [1.82, 2.24) is 9.78 Å². The molecule has 1 N–H and O–H groups in total. The Morgan fingerprint density at radius 2 is 1.56 bits per heavy atom. The molecule has 0 saturated carbocycles. The zero-order valence-corrected chi connectivity index (χ0v) is 21.6. The molecule has 0 unspecified atom stereocenters. The monoisotopic (exact) mass is 612 g/mol. The second kappa shape index (κ2) is 10.4. The molecule has 0 atom stereocenters. The van der Waals surface area contributed by atoms with Gasteiger partial charge in [-0.25, -0.2) is 4.39 Å². The lowest BCUT2D eigenvalue weighted by Gasteiger charge is -2.19. The van der Waals surface area contributed by atoms with Gasteiger partial charge in [0.1, 0.15) is 23.9 Å². The molecule has 0 aliphatic heterocycles. The summed E-state index contributed by atoms with van der Waals surface area (Å²) in [6.07, 6.45) is -9.89. The third-order valence-corrected chi connectivity index (χ3v) is 6.56. The first-order valence-electron chi connectivity index (χ1n) is 10.7. The Hall–Kier alpha value is -3.15. The third-order valence-electron chi connectivity index (χ3n) is 5.62. The summed E-state index contributed by atoms with van der Waals surface area (Å²) >= 11 is 17.5. The molecule has 3 aromatic carbocycles. The van der Waals surface area contributed by atoms with Crippen molar-refractivity contribution in [2.24, 2.45) is 7.05 Å². The first-order valence-corrected chi connectivity index (χ1v) is 11.8. The van der Waals surface area contributed by atoms with E-state index >= 15 is 4.39 Å². The number of phenols is 1. The van der Waals surface area contributed by atoms with Gasteiger partial charge in [-0.05, 0) is 48.0 Å². The predicted molar refractivity (Wildman–Crippen MR) is 132 cm³/mol. The van der Waals surface area contributed by atoms with Gasteiger partial charge in [-0.1, -0.05) is 40.9 Å². The number of aromatic nitrogens is 2. The number of phenolic OH excluding ortho intramolecular Hbond substituents is 1. The van der Waals surface area contributed by atoms with Gasteiger partial charge in [0, 0.05) is 28.8 Å². The maximum Gasteiger partial charge on any atom is 0.436 e. The number of rotatable bonds is 5. The van der Waals surface area contributed by atoms with E-state index in [4.69, 9.17) is 39.5 Å². The van der Waals surface area contributed by atoms with Crippen LogP contribution in [-0.2, 0) is 26.0 Å². The number of aryl methyl sites for hydroxylation is 1. The van der Waals surface area contributed by atoms with Crippen molar-refractivity contribution < 1.29 is 40.6 Å². The van der Waals surface area contributed by atoms with Gasteiger partial charge < -0.3 is 9.84 Å². The summed E-state index contributed by atoms with van der Waals surface area (Å²) in [7, 11) is 1.08. The van der Waals surface area contributed by atoms with Crippen molar-refractivity contribution in [2.75, 3.05) is 0 Å². The smallest absolute Gasteiger partial charge is 0.436 e. The van der Waals surface area contributed by atoms with Gasteiger partial charge in [0.25, 0.3) is 0 Å². The summed E-state index contributed by atoms with van der Waals surface area (Å²) in [5, 5.41) is 13.3. The molecule has 0 amide bonds. The number of aromatic hydroxyl groups is 1. The zero-order valence-electron chi connectivity index (χ0n) is 19.4. The fraction of sp³-hybridized carbons (Fsp3) is 0.160. The molecule has 4 aromatic rings. The number of alkyl halides is 6. The first kappa shape index (κ1) is 28.8. The van der Waals surface area contributed by atoms with Gasteiger partial charge in [-0.3, -0.25) is 4.68 Å². The average Bonchev–Trinajstić information content (AvgIpc) is 3.14. The molecular weight excluding hydrogens is 600 g/mol. The lowest BCUT2D eigenvalue weighted by Crippen LogP contribution is -2.07. The van der Waals surface area contributed by atoms with Crippen molar-refractivity contribution in [3.63, 3.8) is 0 Å². The standard InChI is InChI=1S/C25H14Cl3F7N2O2/c1-37-21(20(28)23(36-37)25(33,34)35)14-9-18(29)15(10-39-13-5-3-12(26)4-6-13)19(22(14)38)11-2-7-17(27)16(8-11)24(30,31)32/h2-9,38H,10H2,1H3. The molecule has 0 aliphatic carbocycles.